The van der Waals surface area contributed by atoms with E-state index >= 15 is 0 Å². The third-order valence-electron chi connectivity index (χ3n) is 6.33. The van der Waals surface area contributed by atoms with Gasteiger partial charge >= 0.3 is 11.7 Å². The van der Waals surface area contributed by atoms with Gasteiger partial charge in [-0.2, -0.15) is 5.10 Å². The van der Waals surface area contributed by atoms with Crippen molar-refractivity contribution in [3.63, 3.8) is 0 Å². The van der Waals surface area contributed by atoms with Gasteiger partial charge in [0.15, 0.2) is 11.4 Å². The molecule has 0 bridgehead atoms. The topological polar surface area (TPSA) is 132 Å². The van der Waals surface area contributed by atoms with Crippen LogP contribution in [-0.2, 0) is 7.05 Å². The molecule has 0 saturated carbocycles. The summed E-state index contributed by atoms with van der Waals surface area (Å²) in [5.41, 5.74) is 3.92. The third-order valence-corrected chi connectivity index (χ3v) is 6.33. The Hall–Kier alpha value is -5.71. The monoisotopic (exact) mass is 532 g/mol. The van der Waals surface area contributed by atoms with E-state index in [1.165, 1.54) is 4.57 Å². The molecule has 0 spiro atoms. The number of rotatable bonds is 6. The molecule has 0 aliphatic rings. The van der Waals surface area contributed by atoms with Crippen LogP contribution in [-0.4, -0.2) is 35.3 Å². The summed E-state index contributed by atoms with van der Waals surface area (Å²) in [6, 6.07) is 19.6. The van der Waals surface area contributed by atoms with Gasteiger partial charge in [0.1, 0.15) is 17.1 Å². The molecule has 4 aromatic heterocycles. The standard InChI is InChI=1S/C29H24N8O3/c1-17(2)21-16-24(37(35-21)18-8-5-4-6-9-18)33-28(38)32-20-11-12-22(19-10-7-14-30-25(19)20)40-23-13-15-31-27-26(23)34-29(39)36(27)3/h4-16H,1H2,2-3H3,(H,34,39)(H2,32,33,38). The fourth-order valence-corrected chi connectivity index (χ4v) is 4.35. The van der Waals surface area contributed by atoms with Crippen molar-refractivity contribution in [2.45, 2.75) is 6.92 Å². The van der Waals surface area contributed by atoms with E-state index in [2.05, 4.69) is 37.3 Å². The first kappa shape index (κ1) is 24.6. The molecule has 4 heterocycles. The average molecular weight is 533 g/mol. The molecule has 198 valence electrons. The normalized spacial score (nSPS) is 11.1. The highest BCUT2D eigenvalue weighted by Crippen LogP contribution is 2.35. The van der Waals surface area contributed by atoms with Crippen molar-refractivity contribution in [3.05, 3.63) is 102 Å². The van der Waals surface area contributed by atoms with Crippen LogP contribution in [0.1, 0.15) is 12.6 Å². The molecule has 3 N–H and O–H groups in total. The molecule has 40 heavy (non-hydrogen) atoms. The van der Waals surface area contributed by atoms with Gasteiger partial charge in [-0.25, -0.2) is 19.3 Å². The van der Waals surface area contributed by atoms with E-state index in [1.54, 1.807) is 54.5 Å². The van der Waals surface area contributed by atoms with E-state index in [0.717, 1.165) is 11.3 Å². The number of hydrogen-bond donors (Lipinski definition) is 3. The van der Waals surface area contributed by atoms with Crippen LogP contribution < -0.4 is 21.1 Å². The summed E-state index contributed by atoms with van der Waals surface area (Å²) in [6.45, 7) is 5.83. The highest BCUT2D eigenvalue weighted by Gasteiger charge is 2.17. The second-order valence-corrected chi connectivity index (χ2v) is 9.13. The van der Waals surface area contributed by atoms with Gasteiger partial charge in [0.25, 0.3) is 0 Å². The maximum absolute atomic E-state index is 13.2. The van der Waals surface area contributed by atoms with Crippen LogP contribution in [0, 0.1) is 0 Å². The molecular weight excluding hydrogens is 508 g/mol. The number of aromatic nitrogens is 6. The van der Waals surface area contributed by atoms with Crippen LogP contribution in [0.15, 0.2) is 90.5 Å². The van der Waals surface area contributed by atoms with Gasteiger partial charge in [-0.3, -0.25) is 14.9 Å². The van der Waals surface area contributed by atoms with Gasteiger partial charge < -0.3 is 15.0 Å². The van der Waals surface area contributed by atoms with E-state index in [9.17, 15) is 9.59 Å². The minimum atomic E-state index is -0.469. The first-order valence-corrected chi connectivity index (χ1v) is 12.4. The van der Waals surface area contributed by atoms with Gasteiger partial charge in [-0.1, -0.05) is 24.8 Å². The molecule has 2 amide bonds. The van der Waals surface area contributed by atoms with Crippen LogP contribution >= 0.6 is 0 Å². The number of imidazole rings is 1. The lowest BCUT2D eigenvalue weighted by Gasteiger charge is -2.14. The summed E-state index contributed by atoms with van der Waals surface area (Å²) in [6.07, 6.45) is 3.21. The number of aryl methyl sites for hydroxylation is 1. The number of amides is 2. The lowest BCUT2D eigenvalue weighted by atomic mass is 10.1. The van der Waals surface area contributed by atoms with E-state index in [4.69, 9.17) is 4.74 Å². The molecule has 0 fully saturated rings. The van der Waals surface area contributed by atoms with Crippen LogP contribution in [0.4, 0.5) is 16.3 Å². The maximum atomic E-state index is 13.2. The summed E-state index contributed by atoms with van der Waals surface area (Å²) in [4.78, 5) is 36.8. The molecule has 11 heteroatoms. The number of pyridine rings is 2. The molecule has 0 unspecified atom stereocenters. The number of benzene rings is 2. The van der Waals surface area contributed by atoms with E-state index in [-0.39, 0.29) is 5.69 Å². The van der Waals surface area contributed by atoms with Crippen molar-refractivity contribution in [2.24, 2.45) is 7.05 Å². The number of carbonyl (C=O) groups is 1. The first-order chi connectivity index (χ1) is 19.4. The molecular formula is C29H24N8O3. The van der Waals surface area contributed by atoms with Crippen molar-refractivity contribution >= 4 is 45.2 Å². The fourth-order valence-electron chi connectivity index (χ4n) is 4.35. The Morgan fingerprint density at radius 2 is 1.80 bits per heavy atom. The number of hydrogen-bond acceptors (Lipinski definition) is 6. The van der Waals surface area contributed by atoms with Crippen LogP contribution in [0.5, 0.6) is 11.5 Å². The number of ether oxygens (including phenoxy) is 1. The van der Waals surface area contributed by atoms with Crippen LogP contribution in [0.25, 0.3) is 33.3 Å². The van der Waals surface area contributed by atoms with Crippen LogP contribution in [0.2, 0.25) is 0 Å². The van der Waals surface area contributed by atoms with E-state index in [0.29, 0.717) is 50.8 Å². The van der Waals surface area contributed by atoms with Gasteiger partial charge in [0.2, 0.25) is 0 Å². The second kappa shape index (κ2) is 9.87. The number of H-pyrrole nitrogens is 1. The SMILES string of the molecule is C=C(C)c1cc(NC(=O)Nc2ccc(Oc3ccnc4c3[nH]c(=O)n4C)c3cccnc23)n(-c2ccccc2)n1. The predicted octanol–water partition coefficient (Wildman–Crippen LogP) is 5.46. The average Bonchev–Trinajstić information content (AvgIpc) is 3.51. The fraction of sp³-hybridized carbons (Fsp3) is 0.0690. The molecule has 11 nitrogen and oxygen atoms in total. The highest BCUT2D eigenvalue weighted by molar-refractivity contribution is 6.06. The van der Waals surface area contributed by atoms with Gasteiger partial charge in [-0.05, 0) is 48.9 Å². The largest absolute Gasteiger partial charge is 0.454 e. The molecule has 6 aromatic rings. The van der Waals surface area contributed by atoms with Gasteiger partial charge in [0, 0.05) is 37.0 Å². The van der Waals surface area contributed by atoms with Crippen molar-refractivity contribution in [1.82, 2.24) is 29.3 Å². The minimum absolute atomic E-state index is 0.292. The Balaban J connectivity index is 1.30. The van der Waals surface area contributed by atoms with Gasteiger partial charge in [0.05, 0.1) is 22.6 Å². The van der Waals surface area contributed by atoms with Crippen molar-refractivity contribution in [1.29, 1.82) is 0 Å². The van der Waals surface area contributed by atoms with Crippen molar-refractivity contribution in [3.8, 4) is 17.2 Å². The van der Waals surface area contributed by atoms with Crippen molar-refractivity contribution < 1.29 is 9.53 Å². The zero-order valence-electron chi connectivity index (χ0n) is 21.7. The lowest BCUT2D eigenvalue weighted by molar-refractivity contribution is 0.262. The molecule has 0 aliphatic heterocycles. The Morgan fingerprint density at radius 1 is 0.975 bits per heavy atom. The molecule has 6 rings (SSSR count). The zero-order chi connectivity index (χ0) is 27.8. The number of urea groups is 1. The zero-order valence-corrected chi connectivity index (χ0v) is 21.7. The number of fused-ring (bicyclic) bond motifs is 2. The molecule has 2 aromatic carbocycles. The summed E-state index contributed by atoms with van der Waals surface area (Å²) in [5, 5.41) is 11.0. The predicted molar refractivity (Wildman–Crippen MR) is 154 cm³/mol. The van der Waals surface area contributed by atoms with Gasteiger partial charge in [-0.15, -0.1) is 0 Å². The van der Waals surface area contributed by atoms with E-state index < -0.39 is 6.03 Å². The number of nitrogens with zero attached hydrogens (tertiary/aromatic N) is 5. The summed E-state index contributed by atoms with van der Waals surface area (Å²) in [5.74, 6) is 1.42. The third kappa shape index (κ3) is 4.45. The summed E-state index contributed by atoms with van der Waals surface area (Å²) < 4.78 is 9.27. The summed E-state index contributed by atoms with van der Waals surface area (Å²) >= 11 is 0. The Bertz CT molecular complexity index is 1970. The van der Waals surface area contributed by atoms with E-state index in [1.807, 2.05) is 43.3 Å². The lowest BCUT2D eigenvalue weighted by Crippen LogP contribution is -2.21. The molecule has 0 aliphatic carbocycles. The number of nitrogens with one attached hydrogen (secondary N) is 3. The highest BCUT2D eigenvalue weighted by atomic mass is 16.5. The van der Waals surface area contributed by atoms with Crippen LogP contribution in [0.3, 0.4) is 0 Å². The summed E-state index contributed by atoms with van der Waals surface area (Å²) in [7, 11) is 1.63. The minimum Gasteiger partial charge on any atom is -0.454 e. The molecule has 0 radical (unpaired) electrons. The number of allylic oxidation sites excluding steroid dienone is 1. The Morgan fingerprint density at radius 3 is 2.60 bits per heavy atom. The number of carbonyl (C=O) groups excluding carboxylic acids is 1. The number of anilines is 2. The first-order valence-electron chi connectivity index (χ1n) is 12.4. The maximum Gasteiger partial charge on any atom is 0.327 e. The second-order valence-electron chi connectivity index (χ2n) is 9.13. The Labute approximate surface area is 227 Å². The number of para-hydroxylation sites is 1. The molecule has 0 saturated heterocycles. The quantitative estimate of drug-likeness (QED) is 0.261. The number of aromatic amines is 1. The smallest absolute Gasteiger partial charge is 0.327 e. The Kier molecular flexibility index (Phi) is 6.08. The van der Waals surface area contributed by atoms with Crippen molar-refractivity contribution in [2.75, 3.05) is 10.6 Å². The molecule has 0 atom stereocenters.